The zero-order chi connectivity index (χ0) is 10.6. The molecule has 0 aromatic carbocycles. The van der Waals surface area contributed by atoms with Crippen molar-refractivity contribution < 1.29 is 0 Å². The van der Waals surface area contributed by atoms with E-state index < -0.39 is 0 Å². The van der Waals surface area contributed by atoms with Gasteiger partial charge in [-0.15, -0.1) is 12.3 Å². The molecule has 0 rings (SSSR count). The molecule has 0 saturated carbocycles. The number of rotatable bonds is 7. The monoisotopic (exact) mass is 208 g/mol. The lowest BCUT2D eigenvalue weighted by Gasteiger charge is -2.00. The van der Waals surface area contributed by atoms with Crippen LogP contribution in [0.15, 0.2) is 23.8 Å². The lowest BCUT2D eigenvalue weighted by Crippen LogP contribution is -1.86. The number of allylic oxidation sites excluding steroid dienone is 3. The maximum Gasteiger partial charge on any atom is 0.0270 e. The van der Waals surface area contributed by atoms with Gasteiger partial charge in [-0.2, -0.15) is 11.8 Å². The zero-order valence-corrected chi connectivity index (χ0v) is 10.1. The normalized spacial score (nSPS) is 11.9. The van der Waals surface area contributed by atoms with Crippen LogP contribution < -0.4 is 0 Å². The van der Waals surface area contributed by atoms with E-state index in [1.807, 2.05) is 11.8 Å². The number of hydrogen-bond acceptors (Lipinski definition) is 1. The van der Waals surface area contributed by atoms with Crippen LogP contribution in [0.4, 0.5) is 0 Å². The minimum absolute atomic E-state index is 0.733. The molecule has 0 fully saturated rings. The molecule has 0 aromatic heterocycles. The van der Waals surface area contributed by atoms with Crippen molar-refractivity contribution in [3.8, 4) is 12.3 Å². The van der Waals surface area contributed by atoms with E-state index in [-0.39, 0.29) is 0 Å². The van der Waals surface area contributed by atoms with E-state index in [9.17, 15) is 0 Å². The van der Waals surface area contributed by atoms with Crippen LogP contribution >= 0.6 is 11.8 Å². The summed E-state index contributed by atoms with van der Waals surface area (Å²) in [6, 6.07) is 0. The van der Waals surface area contributed by atoms with Crippen LogP contribution in [0.2, 0.25) is 0 Å². The van der Waals surface area contributed by atoms with Crippen LogP contribution in [0.3, 0.4) is 0 Å². The van der Waals surface area contributed by atoms with Gasteiger partial charge >= 0.3 is 0 Å². The quantitative estimate of drug-likeness (QED) is 0.345. The predicted molar refractivity (Wildman–Crippen MR) is 68.6 cm³/mol. The Kier molecular flexibility index (Phi) is 10.0. The van der Waals surface area contributed by atoms with E-state index in [0.29, 0.717) is 0 Å². The minimum atomic E-state index is 0.733. The van der Waals surface area contributed by atoms with E-state index in [2.05, 4.69) is 38.0 Å². The third-order valence-corrected chi connectivity index (χ3v) is 2.96. The molecular formula is C13H20S. The van der Waals surface area contributed by atoms with E-state index in [4.69, 9.17) is 6.42 Å². The van der Waals surface area contributed by atoms with Gasteiger partial charge in [-0.05, 0) is 24.7 Å². The van der Waals surface area contributed by atoms with Crippen molar-refractivity contribution in [3.63, 3.8) is 0 Å². The predicted octanol–water partition coefficient (Wildman–Crippen LogP) is 4.05. The van der Waals surface area contributed by atoms with Gasteiger partial charge in [0.25, 0.3) is 0 Å². The molecule has 0 nitrogen and oxygen atoms in total. The second-order valence-corrected chi connectivity index (χ2v) is 4.19. The third-order valence-electron chi connectivity index (χ3n) is 1.85. The smallest absolute Gasteiger partial charge is 0.0270 e. The average molecular weight is 208 g/mol. The van der Waals surface area contributed by atoms with Crippen molar-refractivity contribution in [2.75, 3.05) is 11.5 Å². The summed E-state index contributed by atoms with van der Waals surface area (Å²) in [7, 11) is 0. The second kappa shape index (κ2) is 10.5. The van der Waals surface area contributed by atoms with Gasteiger partial charge < -0.3 is 0 Å². The molecule has 0 amide bonds. The number of hydrogen-bond donors (Lipinski definition) is 0. The van der Waals surface area contributed by atoms with Crippen molar-refractivity contribution in [1.29, 1.82) is 0 Å². The maximum atomic E-state index is 5.17. The Hall–Kier alpha value is -0.610. The van der Waals surface area contributed by atoms with Crippen molar-refractivity contribution in [2.45, 2.75) is 33.1 Å². The molecule has 1 heteroatoms. The van der Waals surface area contributed by atoms with E-state index >= 15 is 0 Å². The molecule has 0 saturated heterocycles. The number of thioether (sulfide) groups is 1. The molecule has 14 heavy (non-hydrogen) atoms. The summed E-state index contributed by atoms with van der Waals surface area (Å²) in [5.74, 6) is 4.97. The Labute approximate surface area is 92.9 Å². The van der Waals surface area contributed by atoms with Gasteiger partial charge in [0.2, 0.25) is 0 Å². The lowest BCUT2D eigenvalue weighted by atomic mass is 10.2. The fourth-order valence-corrected chi connectivity index (χ4v) is 2.08. The van der Waals surface area contributed by atoms with Crippen LogP contribution in [-0.4, -0.2) is 11.5 Å². The summed E-state index contributed by atoms with van der Waals surface area (Å²) >= 11 is 2.00. The first-order chi connectivity index (χ1) is 6.85. The molecular weight excluding hydrogens is 188 g/mol. The highest BCUT2D eigenvalue weighted by Crippen LogP contribution is 2.11. The van der Waals surface area contributed by atoms with Gasteiger partial charge in [-0.3, -0.25) is 0 Å². The summed E-state index contributed by atoms with van der Waals surface area (Å²) in [4.78, 5) is 0. The highest BCUT2D eigenvalue weighted by Gasteiger charge is 1.91. The molecule has 0 bridgehead atoms. The Morgan fingerprint density at radius 2 is 2.29 bits per heavy atom. The third kappa shape index (κ3) is 8.01. The van der Waals surface area contributed by atoms with Crippen molar-refractivity contribution in [3.05, 3.63) is 23.8 Å². The number of terminal acetylenes is 1. The van der Waals surface area contributed by atoms with Crippen molar-refractivity contribution in [1.82, 2.24) is 0 Å². The van der Waals surface area contributed by atoms with Crippen LogP contribution in [0.25, 0.3) is 0 Å². The molecule has 0 aliphatic carbocycles. The molecule has 0 unspecified atom stereocenters. The summed E-state index contributed by atoms with van der Waals surface area (Å²) < 4.78 is 0. The largest absolute Gasteiger partial charge is 0.157 e. The summed E-state index contributed by atoms with van der Waals surface area (Å²) in [6.07, 6.45) is 14.8. The SMILES string of the molecule is C#CC/C=C\C(=C/C)CSCCCC. The van der Waals surface area contributed by atoms with E-state index in [1.54, 1.807) is 0 Å². The summed E-state index contributed by atoms with van der Waals surface area (Å²) in [5.41, 5.74) is 1.38. The first kappa shape index (κ1) is 13.4. The Morgan fingerprint density at radius 1 is 1.50 bits per heavy atom. The highest BCUT2D eigenvalue weighted by molar-refractivity contribution is 7.99. The van der Waals surface area contributed by atoms with E-state index in [0.717, 1.165) is 12.2 Å². The molecule has 0 aromatic rings. The standard InChI is InChI=1S/C13H20S/c1-4-7-9-10-13(6-3)12-14-11-8-5-2/h1,6,9-10H,5,7-8,11-12H2,2-3H3/b10-9-,13-6+. The molecule has 0 heterocycles. The van der Waals surface area contributed by atoms with Crippen LogP contribution in [0.1, 0.15) is 33.1 Å². The first-order valence-electron chi connectivity index (χ1n) is 5.18. The minimum Gasteiger partial charge on any atom is -0.157 e. The molecule has 0 atom stereocenters. The van der Waals surface area contributed by atoms with Gasteiger partial charge in [0, 0.05) is 12.2 Å². The molecule has 0 radical (unpaired) electrons. The molecule has 0 aliphatic heterocycles. The summed E-state index contributed by atoms with van der Waals surface area (Å²) in [5, 5.41) is 0. The molecule has 0 spiro atoms. The van der Waals surface area contributed by atoms with Gasteiger partial charge in [0.1, 0.15) is 0 Å². The Bertz CT molecular complexity index is 218. The highest BCUT2D eigenvalue weighted by atomic mass is 32.2. The second-order valence-electron chi connectivity index (χ2n) is 3.08. The number of unbranched alkanes of at least 4 members (excludes halogenated alkanes) is 1. The Morgan fingerprint density at radius 3 is 2.86 bits per heavy atom. The first-order valence-corrected chi connectivity index (χ1v) is 6.33. The van der Waals surface area contributed by atoms with Crippen LogP contribution in [0.5, 0.6) is 0 Å². The average Bonchev–Trinajstić information content (AvgIpc) is 2.22. The zero-order valence-electron chi connectivity index (χ0n) is 9.25. The van der Waals surface area contributed by atoms with Crippen molar-refractivity contribution >= 4 is 11.8 Å². The Balaban J connectivity index is 3.66. The van der Waals surface area contributed by atoms with Gasteiger partial charge in [0.05, 0.1) is 0 Å². The van der Waals surface area contributed by atoms with Crippen LogP contribution in [0, 0.1) is 12.3 Å². The van der Waals surface area contributed by atoms with Gasteiger partial charge in [-0.25, -0.2) is 0 Å². The topological polar surface area (TPSA) is 0 Å². The van der Waals surface area contributed by atoms with Gasteiger partial charge in [-0.1, -0.05) is 31.6 Å². The lowest BCUT2D eigenvalue weighted by molar-refractivity contribution is 0.896. The molecule has 0 aliphatic rings. The summed E-state index contributed by atoms with van der Waals surface area (Å²) in [6.45, 7) is 4.31. The van der Waals surface area contributed by atoms with Crippen LogP contribution in [-0.2, 0) is 0 Å². The van der Waals surface area contributed by atoms with E-state index in [1.165, 1.54) is 24.2 Å². The van der Waals surface area contributed by atoms with Gasteiger partial charge in [0.15, 0.2) is 0 Å². The molecule has 0 N–H and O–H groups in total. The fourth-order valence-electron chi connectivity index (χ4n) is 0.942. The fraction of sp³-hybridized carbons (Fsp3) is 0.538. The molecule has 78 valence electrons. The maximum absolute atomic E-state index is 5.17. The van der Waals surface area contributed by atoms with Crippen molar-refractivity contribution in [2.24, 2.45) is 0 Å².